The largest absolute Gasteiger partial charge is 0.435 e. The molecule has 2 aliphatic rings. The quantitative estimate of drug-likeness (QED) is 0.752. The van der Waals surface area contributed by atoms with Gasteiger partial charge < -0.3 is 10.1 Å². The number of rotatable bonds is 5. The van der Waals surface area contributed by atoms with Gasteiger partial charge in [0.05, 0.1) is 10.8 Å². The third-order valence-corrected chi connectivity index (χ3v) is 7.74. The molecule has 0 spiro atoms. The molecule has 0 saturated carbocycles. The minimum Gasteiger partial charge on any atom is -0.435 e. The lowest BCUT2D eigenvalue weighted by atomic mass is 9.97. The molecule has 1 fully saturated rings. The number of benzene rings is 1. The number of nitrogens with zero attached hydrogens (tertiary/aromatic N) is 1. The van der Waals surface area contributed by atoms with Gasteiger partial charge in [-0.05, 0) is 62.9 Å². The van der Waals surface area contributed by atoms with Crippen LogP contribution in [0.2, 0.25) is 0 Å². The van der Waals surface area contributed by atoms with Crippen LogP contribution >= 0.6 is 11.8 Å². The fourth-order valence-electron chi connectivity index (χ4n) is 3.30. The second-order valence-corrected chi connectivity index (χ2v) is 10.9. The summed E-state index contributed by atoms with van der Waals surface area (Å²) in [5, 5.41) is 2.85. The Hall–Kier alpha value is -1.65. The van der Waals surface area contributed by atoms with E-state index in [1.807, 2.05) is 20.8 Å². The van der Waals surface area contributed by atoms with E-state index in [0.29, 0.717) is 17.7 Å². The van der Waals surface area contributed by atoms with Crippen molar-refractivity contribution in [3.8, 4) is 5.75 Å². The first-order chi connectivity index (χ1) is 13.5. The van der Waals surface area contributed by atoms with Gasteiger partial charge >= 0.3 is 6.61 Å². The number of nitrogens with one attached hydrogen (secondary N) is 1. The van der Waals surface area contributed by atoms with Crippen molar-refractivity contribution in [3.05, 3.63) is 34.2 Å². The molecule has 1 aliphatic heterocycles. The van der Waals surface area contributed by atoms with Crippen LogP contribution in [-0.4, -0.2) is 48.5 Å². The minimum atomic E-state index is -3.82. The smallest absolute Gasteiger partial charge is 0.387 e. The number of sulfonamides is 1. The molecule has 3 rings (SSSR count). The zero-order chi connectivity index (χ0) is 21.4. The summed E-state index contributed by atoms with van der Waals surface area (Å²) < 4.78 is 56.9. The summed E-state index contributed by atoms with van der Waals surface area (Å²) in [6, 6.07) is 3.72. The number of carbonyl (C=O) groups is 1. The highest BCUT2D eigenvalue weighted by Gasteiger charge is 2.42. The van der Waals surface area contributed by atoms with Crippen LogP contribution in [0.1, 0.15) is 38.3 Å². The number of hydrogen-bond donors (Lipinski definition) is 1. The molecule has 6 nitrogen and oxygen atoms in total. The van der Waals surface area contributed by atoms with Crippen molar-refractivity contribution in [3.63, 3.8) is 0 Å². The summed E-state index contributed by atoms with van der Waals surface area (Å²) in [6.07, 6.45) is 2.19. The molecule has 1 amide bonds. The van der Waals surface area contributed by atoms with Gasteiger partial charge in [0, 0.05) is 11.3 Å². The number of allylic oxidation sites excluding steroid dienone is 1. The average molecular weight is 447 g/mol. The number of fused-ring (bicyclic) bond motifs is 1. The van der Waals surface area contributed by atoms with E-state index in [1.54, 1.807) is 12.1 Å². The van der Waals surface area contributed by atoms with Crippen LogP contribution in [0, 0.1) is 0 Å². The van der Waals surface area contributed by atoms with Gasteiger partial charge in [-0.1, -0.05) is 6.07 Å². The lowest BCUT2D eigenvalue weighted by Gasteiger charge is -2.28. The van der Waals surface area contributed by atoms with E-state index in [4.69, 9.17) is 0 Å². The number of thioether (sulfide) groups is 1. The van der Waals surface area contributed by atoms with Crippen molar-refractivity contribution >= 4 is 33.8 Å². The fourth-order valence-corrected chi connectivity index (χ4v) is 6.63. The highest BCUT2D eigenvalue weighted by Crippen LogP contribution is 2.35. The fraction of sp³-hybridized carbons (Fsp3) is 0.526. The van der Waals surface area contributed by atoms with Crippen LogP contribution in [0.3, 0.4) is 0 Å². The average Bonchev–Trinajstić information content (AvgIpc) is 3.10. The Labute approximate surface area is 173 Å². The highest BCUT2D eigenvalue weighted by molar-refractivity contribution is 8.01. The van der Waals surface area contributed by atoms with Crippen molar-refractivity contribution in [1.82, 2.24) is 9.62 Å². The van der Waals surface area contributed by atoms with E-state index in [-0.39, 0.29) is 28.9 Å². The monoisotopic (exact) mass is 446 g/mol. The lowest BCUT2D eigenvalue weighted by molar-refractivity contribution is -0.125. The van der Waals surface area contributed by atoms with Gasteiger partial charge in [-0.2, -0.15) is 13.1 Å². The topological polar surface area (TPSA) is 75.7 Å². The standard InChI is InChI=1S/C19H24F2N2O4S2/c1-19(2,3)22-17(24)16-10-28-11-23(16)29(25,26)15-7-5-12-8-14(27-18(20)21)6-4-13(12)9-15/h4,6,8-9,16,18H,5,7,10-11H2,1-3H3,(H,22,24). The predicted octanol–water partition coefficient (Wildman–Crippen LogP) is 3.19. The van der Waals surface area contributed by atoms with E-state index >= 15 is 0 Å². The number of ether oxygens (including phenoxy) is 1. The summed E-state index contributed by atoms with van der Waals surface area (Å²) >= 11 is 1.40. The van der Waals surface area contributed by atoms with E-state index < -0.39 is 28.2 Å². The molecule has 1 heterocycles. The molecule has 1 N–H and O–H groups in total. The number of halogens is 2. The molecule has 1 aromatic carbocycles. The summed E-state index contributed by atoms with van der Waals surface area (Å²) in [4.78, 5) is 12.8. The van der Waals surface area contributed by atoms with Gasteiger partial charge in [-0.3, -0.25) is 4.79 Å². The molecular formula is C19H24F2N2O4S2. The molecule has 1 unspecified atom stereocenters. The molecule has 1 aromatic rings. The minimum absolute atomic E-state index is 0.0494. The third kappa shape index (κ3) is 5.10. The van der Waals surface area contributed by atoms with Crippen LogP contribution in [0.15, 0.2) is 23.1 Å². The van der Waals surface area contributed by atoms with Crippen molar-refractivity contribution in [2.75, 3.05) is 11.6 Å². The Bertz CT molecular complexity index is 927. The summed E-state index contributed by atoms with van der Waals surface area (Å²) in [6.45, 7) is 2.63. The Morgan fingerprint density at radius 3 is 2.69 bits per heavy atom. The highest BCUT2D eigenvalue weighted by atomic mass is 32.2. The van der Waals surface area contributed by atoms with Crippen molar-refractivity contribution < 1.29 is 26.7 Å². The first-order valence-corrected chi connectivity index (χ1v) is 11.8. The van der Waals surface area contributed by atoms with Crippen molar-refractivity contribution in [2.24, 2.45) is 0 Å². The molecule has 0 bridgehead atoms. The molecular weight excluding hydrogens is 422 g/mol. The Balaban J connectivity index is 1.84. The molecule has 160 valence electrons. The summed E-state index contributed by atoms with van der Waals surface area (Å²) in [5.74, 6) is 0.361. The summed E-state index contributed by atoms with van der Waals surface area (Å²) in [5.41, 5.74) is 0.944. The van der Waals surface area contributed by atoms with Gasteiger partial charge in [0.2, 0.25) is 15.9 Å². The maximum atomic E-state index is 13.2. The van der Waals surface area contributed by atoms with E-state index in [0.717, 1.165) is 5.56 Å². The Kier molecular flexibility index (Phi) is 6.26. The molecule has 1 atom stereocenters. The molecule has 1 aliphatic carbocycles. The lowest BCUT2D eigenvalue weighted by Crippen LogP contribution is -2.52. The van der Waals surface area contributed by atoms with Crippen LogP contribution < -0.4 is 10.1 Å². The maximum absolute atomic E-state index is 13.2. The first-order valence-electron chi connectivity index (χ1n) is 9.17. The van der Waals surface area contributed by atoms with E-state index in [2.05, 4.69) is 10.1 Å². The van der Waals surface area contributed by atoms with Crippen molar-refractivity contribution in [2.45, 2.75) is 51.8 Å². The Morgan fingerprint density at radius 2 is 2.03 bits per heavy atom. The van der Waals surface area contributed by atoms with Gasteiger partial charge in [0.15, 0.2) is 0 Å². The van der Waals surface area contributed by atoms with Gasteiger partial charge in [-0.25, -0.2) is 8.42 Å². The molecule has 0 radical (unpaired) electrons. The van der Waals surface area contributed by atoms with Gasteiger partial charge in [-0.15, -0.1) is 11.8 Å². The maximum Gasteiger partial charge on any atom is 0.387 e. The van der Waals surface area contributed by atoms with Crippen LogP contribution in [0.4, 0.5) is 8.78 Å². The number of carbonyl (C=O) groups excluding carboxylic acids is 1. The third-order valence-electron chi connectivity index (χ3n) is 4.58. The molecule has 29 heavy (non-hydrogen) atoms. The van der Waals surface area contributed by atoms with Crippen LogP contribution in [0.25, 0.3) is 6.08 Å². The number of amides is 1. The van der Waals surface area contributed by atoms with Crippen LogP contribution in [0.5, 0.6) is 5.75 Å². The second-order valence-electron chi connectivity index (χ2n) is 8.00. The number of hydrogen-bond acceptors (Lipinski definition) is 5. The van der Waals surface area contributed by atoms with Crippen LogP contribution in [-0.2, 0) is 21.2 Å². The second kappa shape index (κ2) is 8.23. The van der Waals surface area contributed by atoms with Gasteiger partial charge in [0.25, 0.3) is 0 Å². The molecule has 1 saturated heterocycles. The number of alkyl halides is 2. The SMILES string of the molecule is CC(C)(C)NC(=O)C1CSCN1S(=O)(=O)C1=Cc2ccc(OC(F)F)cc2CC1. The van der Waals surface area contributed by atoms with E-state index in [9.17, 15) is 22.0 Å². The predicted molar refractivity (Wildman–Crippen MR) is 109 cm³/mol. The zero-order valence-corrected chi connectivity index (χ0v) is 18.1. The van der Waals surface area contributed by atoms with Gasteiger partial charge in [0.1, 0.15) is 11.8 Å². The Morgan fingerprint density at radius 1 is 1.31 bits per heavy atom. The first kappa shape index (κ1) is 22.0. The van der Waals surface area contributed by atoms with E-state index in [1.165, 1.54) is 28.2 Å². The normalized spacial score (nSPS) is 20.3. The number of aryl methyl sites for hydroxylation is 1. The zero-order valence-electron chi connectivity index (χ0n) is 16.4. The summed E-state index contributed by atoms with van der Waals surface area (Å²) in [7, 11) is -3.82. The van der Waals surface area contributed by atoms with Crippen molar-refractivity contribution in [1.29, 1.82) is 0 Å². The molecule has 0 aromatic heterocycles. The molecule has 10 heteroatoms.